The molecular weight excluding hydrogens is 380 g/mol. The monoisotopic (exact) mass is 400 g/mol. The van der Waals surface area contributed by atoms with Gasteiger partial charge in [0.2, 0.25) is 5.91 Å². The van der Waals surface area contributed by atoms with Crippen LogP contribution in [-0.2, 0) is 4.79 Å². The van der Waals surface area contributed by atoms with Crippen molar-refractivity contribution in [2.45, 2.75) is 19.3 Å². The summed E-state index contributed by atoms with van der Waals surface area (Å²) < 4.78 is 1.08. The average Bonchev–Trinajstić information content (AvgIpc) is 3.43. The predicted molar refractivity (Wildman–Crippen MR) is 101 cm³/mol. The molecule has 2 aromatic rings. The van der Waals surface area contributed by atoms with E-state index in [4.69, 9.17) is 0 Å². The fraction of sp³-hybridized carbons (Fsp3) is 0.421. The molecule has 2 fully saturated rings. The van der Waals surface area contributed by atoms with Crippen LogP contribution in [0.2, 0.25) is 0 Å². The number of halogens is 1. The number of carbonyl (C=O) groups is 1. The second-order valence-electron chi connectivity index (χ2n) is 6.78. The standard InChI is InChI=1S/C19H21BrN4O/c1-13-18(22-7-6-21-13)23-8-10-24(11-9-23)19(25)17-12-16(17)14-2-4-15(20)5-3-14/h2-7,16-17H,8-12H2,1H3/t16-,17-/m0/s1. The van der Waals surface area contributed by atoms with Crippen molar-refractivity contribution in [3.05, 3.63) is 52.4 Å². The van der Waals surface area contributed by atoms with Gasteiger partial charge in [-0.1, -0.05) is 28.1 Å². The number of nitrogens with zero attached hydrogens (tertiary/aromatic N) is 4. The van der Waals surface area contributed by atoms with E-state index in [-0.39, 0.29) is 5.92 Å². The SMILES string of the molecule is Cc1nccnc1N1CCN(C(=O)[C@H]2C[C@H]2c2ccc(Br)cc2)CC1. The molecule has 1 amide bonds. The predicted octanol–water partition coefficient (Wildman–Crippen LogP) is 3.00. The van der Waals surface area contributed by atoms with Crippen molar-refractivity contribution in [2.24, 2.45) is 5.92 Å². The molecule has 0 unspecified atom stereocenters. The van der Waals surface area contributed by atoms with Crippen molar-refractivity contribution in [1.82, 2.24) is 14.9 Å². The van der Waals surface area contributed by atoms with Gasteiger partial charge in [0.25, 0.3) is 0 Å². The number of piperazine rings is 1. The molecule has 130 valence electrons. The molecule has 1 aliphatic carbocycles. The smallest absolute Gasteiger partial charge is 0.226 e. The Morgan fingerprint density at radius 1 is 1.08 bits per heavy atom. The van der Waals surface area contributed by atoms with Crippen LogP contribution in [0.25, 0.3) is 0 Å². The first-order valence-corrected chi connectivity index (χ1v) is 9.49. The molecule has 6 heteroatoms. The minimum Gasteiger partial charge on any atom is -0.352 e. The third-order valence-corrected chi connectivity index (χ3v) is 5.68. The van der Waals surface area contributed by atoms with Crippen LogP contribution in [0.4, 0.5) is 5.82 Å². The molecule has 1 aromatic heterocycles. The summed E-state index contributed by atoms with van der Waals surface area (Å²) in [4.78, 5) is 25.8. The van der Waals surface area contributed by atoms with Crippen molar-refractivity contribution in [3.63, 3.8) is 0 Å². The lowest BCUT2D eigenvalue weighted by atomic mass is 10.1. The van der Waals surface area contributed by atoms with Crippen LogP contribution in [0.3, 0.4) is 0 Å². The lowest BCUT2D eigenvalue weighted by Gasteiger charge is -2.36. The highest BCUT2D eigenvalue weighted by atomic mass is 79.9. The number of anilines is 1. The van der Waals surface area contributed by atoms with E-state index in [1.54, 1.807) is 12.4 Å². The maximum absolute atomic E-state index is 12.8. The summed E-state index contributed by atoms with van der Waals surface area (Å²) in [6, 6.07) is 8.35. The van der Waals surface area contributed by atoms with Crippen LogP contribution in [0.15, 0.2) is 41.1 Å². The highest BCUT2D eigenvalue weighted by molar-refractivity contribution is 9.10. The van der Waals surface area contributed by atoms with E-state index in [9.17, 15) is 4.79 Å². The number of benzene rings is 1. The van der Waals surface area contributed by atoms with Crippen molar-refractivity contribution >= 4 is 27.7 Å². The van der Waals surface area contributed by atoms with E-state index in [0.717, 1.165) is 48.6 Å². The summed E-state index contributed by atoms with van der Waals surface area (Å²) in [5, 5.41) is 0. The number of aromatic nitrogens is 2. The van der Waals surface area contributed by atoms with E-state index >= 15 is 0 Å². The highest BCUT2D eigenvalue weighted by Crippen LogP contribution is 2.48. The first-order chi connectivity index (χ1) is 12.1. The van der Waals surface area contributed by atoms with Crippen molar-refractivity contribution in [2.75, 3.05) is 31.1 Å². The van der Waals surface area contributed by atoms with Gasteiger partial charge in [0.05, 0.1) is 5.69 Å². The normalized spacial score (nSPS) is 22.8. The number of hydrogen-bond donors (Lipinski definition) is 0. The van der Waals surface area contributed by atoms with E-state index in [1.807, 2.05) is 11.8 Å². The van der Waals surface area contributed by atoms with Gasteiger partial charge in [-0.05, 0) is 37.0 Å². The molecule has 0 N–H and O–H groups in total. The van der Waals surface area contributed by atoms with Crippen LogP contribution in [0, 0.1) is 12.8 Å². The number of amides is 1. The molecular formula is C19H21BrN4O. The number of carbonyl (C=O) groups excluding carboxylic acids is 1. The Hall–Kier alpha value is -1.95. The molecule has 2 heterocycles. The van der Waals surface area contributed by atoms with Crippen LogP contribution in [0.5, 0.6) is 0 Å². The molecule has 1 saturated heterocycles. The second-order valence-corrected chi connectivity index (χ2v) is 7.69. The largest absolute Gasteiger partial charge is 0.352 e. The van der Waals surface area contributed by atoms with Crippen LogP contribution in [-0.4, -0.2) is 47.0 Å². The van der Waals surface area contributed by atoms with E-state index in [2.05, 4.69) is 55.1 Å². The summed E-state index contributed by atoms with van der Waals surface area (Å²) in [7, 11) is 0. The van der Waals surface area contributed by atoms with Crippen LogP contribution in [0.1, 0.15) is 23.6 Å². The zero-order valence-corrected chi connectivity index (χ0v) is 15.8. The summed E-state index contributed by atoms with van der Waals surface area (Å²) in [5.41, 5.74) is 2.22. The molecule has 1 aliphatic heterocycles. The number of hydrogen-bond acceptors (Lipinski definition) is 4. The van der Waals surface area contributed by atoms with Crippen LogP contribution >= 0.6 is 15.9 Å². The van der Waals surface area contributed by atoms with E-state index in [0.29, 0.717) is 11.8 Å². The van der Waals surface area contributed by atoms with Gasteiger partial charge in [0.1, 0.15) is 5.82 Å². The summed E-state index contributed by atoms with van der Waals surface area (Å²) in [6.45, 7) is 5.14. The van der Waals surface area contributed by atoms with Gasteiger partial charge in [-0.25, -0.2) is 4.98 Å². The fourth-order valence-corrected chi connectivity index (χ4v) is 3.89. The van der Waals surface area contributed by atoms with Crippen molar-refractivity contribution < 1.29 is 4.79 Å². The quantitative estimate of drug-likeness (QED) is 0.794. The van der Waals surface area contributed by atoms with Gasteiger partial charge in [-0.15, -0.1) is 0 Å². The Morgan fingerprint density at radius 3 is 2.44 bits per heavy atom. The zero-order valence-electron chi connectivity index (χ0n) is 14.2. The minimum absolute atomic E-state index is 0.158. The van der Waals surface area contributed by atoms with Gasteiger partial charge in [-0.3, -0.25) is 9.78 Å². The maximum Gasteiger partial charge on any atom is 0.226 e. The Kier molecular flexibility index (Phi) is 4.46. The molecule has 0 spiro atoms. The Balaban J connectivity index is 1.35. The van der Waals surface area contributed by atoms with Gasteiger partial charge in [0, 0.05) is 49.0 Å². The van der Waals surface area contributed by atoms with Crippen LogP contribution < -0.4 is 4.90 Å². The highest BCUT2D eigenvalue weighted by Gasteiger charge is 2.46. The maximum atomic E-state index is 12.8. The van der Waals surface area contributed by atoms with E-state index in [1.165, 1.54) is 5.56 Å². The first-order valence-electron chi connectivity index (χ1n) is 8.70. The molecule has 4 rings (SSSR count). The third kappa shape index (κ3) is 3.40. The Bertz CT molecular complexity index is 771. The molecule has 2 aliphatic rings. The Labute approximate surface area is 156 Å². The summed E-state index contributed by atoms with van der Waals surface area (Å²) in [6.07, 6.45) is 4.42. The topological polar surface area (TPSA) is 49.3 Å². The first kappa shape index (κ1) is 16.5. The van der Waals surface area contributed by atoms with Gasteiger partial charge in [-0.2, -0.15) is 0 Å². The summed E-state index contributed by atoms with van der Waals surface area (Å²) in [5.74, 6) is 1.80. The van der Waals surface area contributed by atoms with E-state index < -0.39 is 0 Å². The molecule has 2 atom stereocenters. The zero-order chi connectivity index (χ0) is 17.4. The average molecular weight is 401 g/mol. The van der Waals surface area contributed by atoms with Gasteiger partial charge >= 0.3 is 0 Å². The van der Waals surface area contributed by atoms with Crippen molar-refractivity contribution in [1.29, 1.82) is 0 Å². The van der Waals surface area contributed by atoms with Crippen molar-refractivity contribution in [3.8, 4) is 0 Å². The Morgan fingerprint density at radius 2 is 1.76 bits per heavy atom. The third-order valence-electron chi connectivity index (χ3n) is 5.15. The molecule has 0 bridgehead atoms. The van der Waals surface area contributed by atoms with Gasteiger partial charge < -0.3 is 9.80 Å². The lowest BCUT2D eigenvalue weighted by Crippen LogP contribution is -2.49. The molecule has 0 radical (unpaired) electrons. The molecule has 1 saturated carbocycles. The fourth-order valence-electron chi connectivity index (χ4n) is 3.63. The minimum atomic E-state index is 0.158. The second kappa shape index (κ2) is 6.75. The number of aryl methyl sites for hydroxylation is 1. The lowest BCUT2D eigenvalue weighted by molar-refractivity contribution is -0.133. The molecule has 5 nitrogen and oxygen atoms in total. The summed E-state index contributed by atoms with van der Waals surface area (Å²) >= 11 is 3.46. The molecule has 25 heavy (non-hydrogen) atoms. The molecule has 1 aromatic carbocycles. The van der Waals surface area contributed by atoms with Gasteiger partial charge in [0.15, 0.2) is 0 Å². The number of rotatable bonds is 3.